The van der Waals surface area contributed by atoms with Crippen LogP contribution in [0.25, 0.3) is 0 Å². The zero-order valence-electron chi connectivity index (χ0n) is 9.22. The van der Waals surface area contributed by atoms with Gasteiger partial charge in [0.25, 0.3) is 0 Å². The van der Waals surface area contributed by atoms with Crippen molar-refractivity contribution in [3.63, 3.8) is 0 Å². The first-order valence-corrected chi connectivity index (χ1v) is 5.74. The first kappa shape index (κ1) is 10.6. The highest BCUT2D eigenvalue weighted by molar-refractivity contribution is 5.24. The monoisotopic (exact) mass is 207 g/mol. The Balaban J connectivity index is 1.78. The maximum atomic E-state index is 13.3. The van der Waals surface area contributed by atoms with E-state index in [9.17, 15) is 4.39 Å². The molecule has 0 aromatic heterocycles. The quantitative estimate of drug-likeness (QED) is 0.732. The molecule has 0 aliphatic heterocycles. The molecule has 0 radical (unpaired) electrons. The minimum atomic E-state index is -0.0629. The van der Waals surface area contributed by atoms with Gasteiger partial charge in [-0.15, -0.1) is 0 Å². The SMILES string of the molecule is Cc1ccc(F)c(CCCNC2CC2)c1. The van der Waals surface area contributed by atoms with Gasteiger partial charge in [-0.2, -0.15) is 0 Å². The molecule has 1 aliphatic carbocycles. The molecule has 1 aromatic rings. The molecule has 0 bridgehead atoms. The van der Waals surface area contributed by atoms with E-state index >= 15 is 0 Å². The first-order valence-electron chi connectivity index (χ1n) is 5.74. The van der Waals surface area contributed by atoms with Crippen molar-refractivity contribution >= 4 is 0 Å². The summed E-state index contributed by atoms with van der Waals surface area (Å²) >= 11 is 0. The molecule has 0 heterocycles. The molecule has 15 heavy (non-hydrogen) atoms. The molecule has 0 saturated heterocycles. The highest BCUT2D eigenvalue weighted by atomic mass is 19.1. The summed E-state index contributed by atoms with van der Waals surface area (Å²) in [7, 11) is 0. The van der Waals surface area contributed by atoms with E-state index in [1.54, 1.807) is 6.07 Å². The van der Waals surface area contributed by atoms with E-state index in [4.69, 9.17) is 0 Å². The molecular formula is C13H18FN. The minimum absolute atomic E-state index is 0.0629. The number of nitrogens with one attached hydrogen (secondary N) is 1. The normalized spacial score (nSPS) is 15.6. The van der Waals surface area contributed by atoms with Gasteiger partial charge in [-0.3, -0.25) is 0 Å². The molecule has 2 heteroatoms. The van der Waals surface area contributed by atoms with Crippen LogP contribution in [0.1, 0.15) is 30.4 Å². The Bertz CT molecular complexity index is 331. The van der Waals surface area contributed by atoms with Crippen molar-refractivity contribution < 1.29 is 4.39 Å². The molecule has 1 aromatic carbocycles. The summed E-state index contributed by atoms with van der Waals surface area (Å²) in [5.74, 6) is -0.0629. The van der Waals surface area contributed by atoms with Crippen molar-refractivity contribution in [2.24, 2.45) is 0 Å². The lowest BCUT2D eigenvalue weighted by atomic mass is 10.1. The Morgan fingerprint density at radius 1 is 1.40 bits per heavy atom. The number of benzene rings is 1. The van der Waals surface area contributed by atoms with Crippen LogP contribution in [0, 0.1) is 12.7 Å². The van der Waals surface area contributed by atoms with Gasteiger partial charge in [0.2, 0.25) is 0 Å². The van der Waals surface area contributed by atoms with Crippen molar-refractivity contribution in [3.8, 4) is 0 Å². The molecule has 0 amide bonds. The lowest BCUT2D eigenvalue weighted by molar-refractivity contribution is 0.591. The van der Waals surface area contributed by atoms with E-state index in [1.165, 1.54) is 12.8 Å². The van der Waals surface area contributed by atoms with Crippen LogP contribution < -0.4 is 5.32 Å². The van der Waals surface area contributed by atoms with Gasteiger partial charge in [-0.25, -0.2) is 4.39 Å². The average Bonchev–Trinajstić information content (AvgIpc) is 3.01. The van der Waals surface area contributed by atoms with E-state index in [-0.39, 0.29) is 5.82 Å². The largest absolute Gasteiger partial charge is 0.314 e. The van der Waals surface area contributed by atoms with Crippen molar-refractivity contribution in [2.45, 2.75) is 38.6 Å². The van der Waals surface area contributed by atoms with Gasteiger partial charge < -0.3 is 5.32 Å². The van der Waals surface area contributed by atoms with Crippen LogP contribution in [0.5, 0.6) is 0 Å². The minimum Gasteiger partial charge on any atom is -0.314 e. The maximum absolute atomic E-state index is 13.3. The summed E-state index contributed by atoms with van der Waals surface area (Å²) < 4.78 is 13.3. The Labute approximate surface area is 90.7 Å². The Morgan fingerprint density at radius 2 is 2.20 bits per heavy atom. The molecule has 1 fully saturated rings. The number of aryl methyl sites for hydroxylation is 2. The summed E-state index contributed by atoms with van der Waals surface area (Å²) in [6, 6.07) is 6.10. The molecule has 0 unspecified atom stereocenters. The van der Waals surface area contributed by atoms with Crippen LogP contribution in [0.3, 0.4) is 0 Å². The molecule has 0 spiro atoms. The topological polar surface area (TPSA) is 12.0 Å². The predicted octanol–water partition coefficient (Wildman–Crippen LogP) is 2.82. The zero-order chi connectivity index (χ0) is 10.7. The summed E-state index contributed by atoms with van der Waals surface area (Å²) in [5, 5.41) is 3.44. The van der Waals surface area contributed by atoms with E-state index in [1.807, 2.05) is 19.1 Å². The van der Waals surface area contributed by atoms with Crippen molar-refractivity contribution in [1.29, 1.82) is 0 Å². The van der Waals surface area contributed by atoms with Gasteiger partial charge in [0.05, 0.1) is 0 Å². The second-order valence-corrected chi connectivity index (χ2v) is 4.43. The van der Waals surface area contributed by atoms with Crippen LogP contribution in [0.2, 0.25) is 0 Å². The Morgan fingerprint density at radius 3 is 2.93 bits per heavy atom. The molecule has 1 N–H and O–H groups in total. The maximum Gasteiger partial charge on any atom is 0.126 e. The third-order valence-corrected chi connectivity index (χ3v) is 2.83. The highest BCUT2D eigenvalue weighted by Crippen LogP contribution is 2.18. The standard InChI is InChI=1S/C13H18FN/c1-10-4-7-13(14)11(9-10)3-2-8-15-12-5-6-12/h4,7,9,12,15H,2-3,5-6,8H2,1H3. The van der Waals surface area contributed by atoms with Gasteiger partial charge >= 0.3 is 0 Å². The fourth-order valence-electron chi connectivity index (χ4n) is 1.77. The summed E-state index contributed by atoms with van der Waals surface area (Å²) in [6.45, 7) is 3.02. The summed E-state index contributed by atoms with van der Waals surface area (Å²) in [4.78, 5) is 0. The van der Waals surface area contributed by atoms with Gasteiger partial charge in [-0.1, -0.05) is 17.7 Å². The molecule has 2 rings (SSSR count). The highest BCUT2D eigenvalue weighted by Gasteiger charge is 2.19. The van der Waals surface area contributed by atoms with Gasteiger partial charge in [-0.05, 0) is 50.8 Å². The molecule has 1 saturated carbocycles. The third-order valence-electron chi connectivity index (χ3n) is 2.83. The fraction of sp³-hybridized carbons (Fsp3) is 0.538. The van der Waals surface area contributed by atoms with Crippen molar-refractivity contribution in [2.75, 3.05) is 6.54 Å². The number of halogens is 1. The van der Waals surface area contributed by atoms with E-state index in [0.29, 0.717) is 0 Å². The van der Waals surface area contributed by atoms with Crippen LogP contribution in [0.4, 0.5) is 4.39 Å². The molecular weight excluding hydrogens is 189 g/mol. The first-order chi connectivity index (χ1) is 7.25. The smallest absolute Gasteiger partial charge is 0.126 e. The second kappa shape index (κ2) is 4.75. The van der Waals surface area contributed by atoms with E-state index in [2.05, 4.69) is 5.32 Å². The number of hydrogen-bond acceptors (Lipinski definition) is 1. The zero-order valence-corrected chi connectivity index (χ0v) is 9.22. The molecule has 82 valence electrons. The summed E-state index contributed by atoms with van der Waals surface area (Å²) in [6.07, 6.45) is 4.50. The Kier molecular flexibility index (Phi) is 3.37. The predicted molar refractivity (Wildman–Crippen MR) is 60.5 cm³/mol. The lowest BCUT2D eigenvalue weighted by Gasteiger charge is -2.05. The van der Waals surface area contributed by atoms with Crippen molar-refractivity contribution in [1.82, 2.24) is 5.32 Å². The van der Waals surface area contributed by atoms with Crippen LogP contribution in [-0.4, -0.2) is 12.6 Å². The lowest BCUT2D eigenvalue weighted by Crippen LogP contribution is -2.18. The van der Waals surface area contributed by atoms with Gasteiger partial charge in [0, 0.05) is 6.04 Å². The van der Waals surface area contributed by atoms with Crippen LogP contribution >= 0.6 is 0 Å². The molecule has 1 nitrogen and oxygen atoms in total. The Hall–Kier alpha value is -0.890. The van der Waals surface area contributed by atoms with Gasteiger partial charge in [0.15, 0.2) is 0 Å². The third kappa shape index (κ3) is 3.31. The van der Waals surface area contributed by atoms with E-state index < -0.39 is 0 Å². The van der Waals surface area contributed by atoms with Crippen LogP contribution in [-0.2, 0) is 6.42 Å². The average molecular weight is 207 g/mol. The van der Waals surface area contributed by atoms with Gasteiger partial charge in [0.1, 0.15) is 5.82 Å². The second-order valence-electron chi connectivity index (χ2n) is 4.43. The molecule has 0 atom stereocenters. The summed E-state index contributed by atoms with van der Waals surface area (Å²) in [5.41, 5.74) is 1.99. The molecule has 1 aliphatic rings. The van der Waals surface area contributed by atoms with E-state index in [0.717, 1.165) is 36.6 Å². The number of hydrogen-bond donors (Lipinski definition) is 1. The number of rotatable bonds is 5. The van der Waals surface area contributed by atoms with Crippen LogP contribution in [0.15, 0.2) is 18.2 Å². The fourth-order valence-corrected chi connectivity index (χ4v) is 1.77. The van der Waals surface area contributed by atoms with Crippen molar-refractivity contribution in [3.05, 3.63) is 35.1 Å².